The normalized spacial score (nSPS) is 24.3. The van der Waals surface area contributed by atoms with Crippen LogP contribution >= 0.6 is 0 Å². The first kappa shape index (κ1) is 38.8. The highest BCUT2D eigenvalue weighted by atomic mass is 32.2. The van der Waals surface area contributed by atoms with Crippen LogP contribution in [0.3, 0.4) is 0 Å². The van der Waals surface area contributed by atoms with Crippen molar-refractivity contribution in [3.8, 4) is 11.6 Å². The van der Waals surface area contributed by atoms with Crippen LogP contribution in [0.5, 0.6) is 11.6 Å². The van der Waals surface area contributed by atoms with E-state index in [1.54, 1.807) is 19.4 Å². The van der Waals surface area contributed by atoms with Crippen LogP contribution < -0.4 is 30.1 Å². The number of aromatic nitrogens is 1. The third-order valence-corrected chi connectivity index (χ3v) is 12.2. The van der Waals surface area contributed by atoms with Crippen LogP contribution in [0.15, 0.2) is 43.1 Å². The number of benzene rings is 1. The van der Waals surface area contributed by atoms with Crippen LogP contribution in [0.4, 0.5) is 4.79 Å². The second-order valence-electron chi connectivity index (χ2n) is 16.4. The fourth-order valence-electron chi connectivity index (χ4n) is 6.30. The molecular weight excluding hydrogens is 689 g/mol. The molecule has 1 aromatic heterocycles. The summed E-state index contributed by atoms with van der Waals surface area (Å²) in [6.45, 7) is 17.0. The average Bonchev–Trinajstić information content (AvgIpc) is 3.99. The van der Waals surface area contributed by atoms with Gasteiger partial charge in [0, 0.05) is 30.0 Å². The molecule has 1 aliphatic heterocycles. The average molecular weight is 741 g/mol. The lowest BCUT2D eigenvalue weighted by molar-refractivity contribution is -0.142. The van der Waals surface area contributed by atoms with Crippen molar-refractivity contribution in [2.24, 2.45) is 16.7 Å². The highest BCUT2D eigenvalue weighted by Crippen LogP contribution is 2.45. The molecule has 2 aliphatic carbocycles. The smallest absolute Gasteiger partial charge is 0.315 e. The van der Waals surface area contributed by atoms with Gasteiger partial charge in [0.05, 0.1) is 18.9 Å². The van der Waals surface area contributed by atoms with Crippen LogP contribution in [0, 0.1) is 16.7 Å². The van der Waals surface area contributed by atoms with Crippen molar-refractivity contribution in [3.63, 3.8) is 0 Å². The highest BCUT2D eigenvalue weighted by molar-refractivity contribution is 7.91. The molecule has 15 heteroatoms. The Kier molecular flexibility index (Phi) is 10.6. The predicted octanol–water partition coefficient (Wildman–Crippen LogP) is 3.41. The number of hydrogen-bond acceptors (Lipinski definition) is 9. The molecule has 6 atom stereocenters. The molecular formula is C37H52N6O8S. The standard InChI is InChI=1S/C37H52N6O8S/c1-10-23-19-37(23,33(46)42-52(48,49)26-12-13-26)41-30(44)28-18-25(51-31-27-14-11-24(50-9)17-22(27)15-16-38-31)20-43(28)32(45)29(36(6,7)8)40-34(47)39-21(2)35(3,4)5/h10-11,14-17,21,23,25-26,28-29H,1,12-13,18-20H2,2-9H3,(H,41,44)(H,42,46)(H2,39,40,47)/t21-,23-,25-,28+,29-,37-/m1/s1. The summed E-state index contributed by atoms with van der Waals surface area (Å²) in [5.74, 6) is -1.57. The molecule has 5 amide bonds. The molecule has 3 aliphatic rings. The Hall–Kier alpha value is -4.40. The Morgan fingerprint density at radius 3 is 2.33 bits per heavy atom. The molecule has 4 N–H and O–H groups in total. The molecule has 52 heavy (non-hydrogen) atoms. The summed E-state index contributed by atoms with van der Waals surface area (Å²) >= 11 is 0. The van der Waals surface area contributed by atoms with E-state index in [-0.39, 0.29) is 30.8 Å². The van der Waals surface area contributed by atoms with Crippen LogP contribution in [0.2, 0.25) is 0 Å². The van der Waals surface area contributed by atoms with E-state index in [2.05, 4.69) is 32.2 Å². The van der Waals surface area contributed by atoms with Gasteiger partial charge in [-0.1, -0.05) is 47.6 Å². The van der Waals surface area contributed by atoms with E-state index in [4.69, 9.17) is 9.47 Å². The molecule has 0 spiro atoms. The zero-order valence-electron chi connectivity index (χ0n) is 31.2. The van der Waals surface area contributed by atoms with E-state index in [9.17, 15) is 27.6 Å². The fourth-order valence-corrected chi connectivity index (χ4v) is 7.67. The largest absolute Gasteiger partial charge is 0.497 e. The minimum atomic E-state index is -3.89. The predicted molar refractivity (Wildman–Crippen MR) is 196 cm³/mol. The molecule has 1 aromatic carbocycles. The minimum absolute atomic E-state index is 0.0282. The van der Waals surface area contributed by atoms with Gasteiger partial charge < -0.3 is 30.3 Å². The van der Waals surface area contributed by atoms with Gasteiger partial charge in [-0.2, -0.15) is 0 Å². The van der Waals surface area contributed by atoms with E-state index >= 15 is 0 Å². The van der Waals surface area contributed by atoms with Gasteiger partial charge in [0.25, 0.3) is 5.91 Å². The summed E-state index contributed by atoms with van der Waals surface area (Å²) in [5.41, 5.74) is -2.57. The Labute approximate surface area is 305 Å². The molecule has 284 valence electrons. The summed E-state index contributed by atoms with van der Waals surface area (Å²) in [4.78, 5) is 61.4. The van der Waals surface area contributed by atoms with Gasteiger partial charge in [0.1, 0.15) is 29.5 Å². The lowest BCUT2D eigenvalue weighted by Crippen LogP contribution is -2.61. The van der Waals surface area contributed by atoms with Crippen molar-refractivity contribution in [3.05, 3.63) is 43.1 Å². The second-order valence-corrected chi connectivity index (χ2v) is 18.3. The van der Waals surface area contributed by atoms with Gasteiger partial charge in [0.15, 0.2) is 0 Å². The van der Waals surface area contributed by atoms with Crippen molar-refractivity contribution in [1.82, 2.24) is 30.6 Å². The van der Waals surface area contributed by atoms with Gasteiger partial charge >= 0.3 is 6.03 Å². The maximum absolute atomic E-state index is 14.6. The summed E-state index contributed by atoms with van der Waals surface area (Å²) in [7, 11) is -2.32. The number of nitrogens with zero attached hydrogens (tertiary/aromatic N) is 2. The highest BCUT2D eigenvalue weighted by Gasteiger charge is 2.62. The van der Waals surface area contributed by atoms with E-state index in [1.807, 2.05) is 66.7 Å². The lowest BCUT2D eigenvalue weighted by atomic mass is 9.85. The van der Waals surface area contributed by atoms with Crippen molar-refractivity contribution >= 4 is 44.5 Å². The number of nitrogens with one attached hydrogen (secondary N) is 4. The number of ether oxygens (including phenoxy) is 2. The number of rotatable bonds is 12. The van der Waals surface area contributed by atoms with Gasteiger partial charge in [-0.05, 0) is 66.7 Å². The third-order valence-electron chi connectivity index (χ3n) is 10.3. The van der Waals surface area contributed by atoms with Gasteiger partial charge in [-0.15, -0.1) is 6.58 Å². The number of fused-ring (bicyclic) bond motifs is 1. The molecule has 0 bridgehead atoms. The van der Waals surface area contributed by atoms with Crippen LogP contribution in [-0.4, -0.2) is 90.7 Å². The number of carbonyl (C=O) groups is 4. The van der Waals surface area contributed by atoms with E-state index < -0.39 is 74.1 Å². The number of sulfonamides is 1. The second kappa shape index (κ2) is 14.2. The van der Waals surface area contributed by atoms with Gasteiger partial charge in [0.2, 0.25) is 27.7 Å². The van der Waals surface area contributed by atoms with Gasteiger partial charge in [-0.25, -0.2) is 18.2 Å². The van der Waals surface area contributed by atoms with E-state index in [0.29, 0.717) is 29.9 Å². The molecule has 2 saturated carbocycles. The van der Waals surface area contributed by atoms with Crippen molar-refractivity contribution < 1.29 is 37.1 Å². The molecule has 14 nitrogen and oxygen atoms in total. The molecule has 2 aromatic rings. The summed E-state index contributed by atoms with van der Waals surface area (Å²) in [6, 6.07) is 4.32. The number of carbonyl (C=O) groups excluding carboxylic acids is 4. The summed E-state index contributed by atoms with van der Waals surface area (Å²) in [6.07, 6.45) is 3.50. The Bertz CT molecular complexity index is 1850. The number of methoxy groups -OCH3 is 1. The van der Waals surface area contributed by atoms with Crippen molar-refractivity contribution in [1.29, 1.82) is 0 Å². The Balaban J connectivity index is 1.44. The molecule has 5 rings (SSSR count). The molecule has 2 heterocycles. The topological polar surface area (TPSA) is 185 Å². The number of urea groups is 1. The van der Waals surface area contributed by atoms with E-state index in [1.165, 1.54) is 11.0 Å². The quantitative estimate of drug-likeness (QED) is 0.237. The van der Waals surface area contributed by atoms with Gasteiger partial charge in [-0.3, -0.25) is 19.1 Å². The number of amides is 5. The lowest BCUT2D eigenvalue weighted by Gasteiger charge is -2.36. The Morgan fingerprint density at radius 1 is 1.06 bits per heavy atom. The molecule has 0 unspecified atom stereocenters. The maximum atomic E-state index is 14.6. The monoisotopic (exact) mass is 740 g/mol. The molecule has 1 saturated heterocycles. The Morgan fingerprint density at radius 2 is 1.75 bits per heavy atom. The number of likely N-dealkylation sites (tertiary alicyclic amines) is 1. The summed E-state index contributed by atoms with van der Waals surface area (Å²) in [5, 5.41) is 9.45. The SMILES string of the molecule is C=C[C@@H]1C[C@]1(NC(=O)[C@@H]1C[C@@H](Oc2nccc3cc(OC)ccc23)CN1C(=O)[C@@H](NC(=O)N[C@H](C)C(C)(C)C)C(C)(C)C)C(=O)NS(=O)(=O)C1CC1. The van der Waals surface area contributed by atoms with Crippen LogP contribution in [0.1, 0.15) is 74.1 Å². The van der Waals surface area contributed by atoms with Crippen molar-refractivity contribution in [2.45, 2.75) is 109 Å². The van der Waals surface area contributed by atoms with E-state index in [0.717, 1.165) is 5.39 Å². The minimum Gasteiger partial charge on any atom is -0.497 e. The van der Waals surface area contributed by atoms with Crippen LogP contribution in [-0.2, 0) is 24.4 Å². The number of hydrogen-bond donors (Lipinski definition) is 4. The maximum Gasteiger partial charge on any atom is 0.315 e. The summed E-state index contributed by atoms with van der Waals surface area (Å²) < 4.78 is 39.3. The first-order valence-corrected chi connectivity index (χ1v) is 19.2. The molecule has 0 radical (unpaired) electrons. The van der Waals surface area contributed by atoms with Crippen molar-refractivity contribution in [2.75, 3.05) is 13.7 Å². The third kappa shape index (κ3) is 8.29. The fraction of sp³-hybridized carbons (Fsp3) is 0.595. The first-order chi connectivity index (χ1) is 24.2. The zero-order chi connectivity index (χ0) is 38.4. The molecule has 3 fully saturated rings. The first-order valence-electron chi connectivity index (χ1n) is 17.7. The number of pyridine rings is 1. The van der Waals surface area contributed by atoms with Crippen LogP contribution in [0.25, 0.3) is 10.8 Å². The zero-order valence-corrected chi connectivity index (χ0v) is 32.1.